The van der Waals surface area contributed by atoms with Crippen LogP contribution in [0.1, 0.15) is 13.8 Å². The Balaban J connectivity index is 2.91. The first-order chi connectivity index (χ1) is 7.15. The molecule has 3 heteroatoms. The highest BCUT2D eigenvalue weighted by Gasteiger charge is 2.14. The Morgan fingerprint density at radius 3 is 2.47 bits per heavy atom. The van der Waals surface area contributed by atoms with Crippen LogP contribution >= 0.6 is 0 Å². The minimum Gasteiger partial charge on any atom is -0.267 e. The van der Waals surface area contributed by atoms with Crippen molar-refractivity contribution in [3.05, 3.63) is 43.0 Å². The molecule has 3 nitrogen and oxygen atoms in total. The van der Waals surface area contributed by atoms with Gasteiger partial charge in [-0.05, 0) is 32.1 Å². The van der Waals surface area contributed by atoms with Crippen LogP contribution in [0.2, 0.25) is 0 Å². The number of hydrogen-bond acceptors (Lipinski definition) is 2. The van der Waals surface area contributed by atoms with Gasteiger partial charge >= 0.3 is 0 Å². The standard InChI is InChI=1S/C12H15NO2/c1-4-12(14)13(15-10(2)3)11-8-6-5-7-9-11/h4-10H,1H2,2-3H3. The summed E-state index contributed by atoms with van der Waals surface area (Å²) in [7, 11) is 0. The van der Waals surface area contributed by atoms with Gasteiger partial charge in [-0.25, -0.2) is 0 Å². The van der Waals surface area contributed by atoms with Crippen LogP contribution in [0, 0.1) is 0 Å². The van der Waals surface area contributed by atoms with Gasteiger partial charge < -0.3 is 0 Å². The molecule has 0 aliphatic heterocycles. The summed E-state index contributed by atoms with van der Waals surface area (Å²) in [6, 6.07) is 9.20. The van der Waals surface area contributed by atoms with E-state index in [-0.39, 0.29) is 12.0 Å². The van der Waals surface area contributed by atoms with Crippen molar-refractivity contribution >= 4 is 11.6 Å². The zero-order valence-corrected chi connectivity index (χ0v) is 9.01. The van der Waals surface area contributed by atoms with Crippen LogP contribution in [0.15, 0.2) is 43.0 Å². The molecule has 1 aromatic carbocycles. The van der Waals surface area contributed by atoms with Crippen LogP contribution in [0.3, 0.4) is 0 Å². The summed E-state index contributed by atoms with van der Waals surface area (Å²) in [6.07, 6.45) is 1.17. The van der Waals surface area contributed by atoms with E-state index in [2.05, 4.69) is 6.58 Å². The maximum atomic E-state index is 11.5. The number of hydrogen-bond donors (Lipinski definition) is 0. The molecule has 0 saturated heterocycles. The van der Waals surface area contributed by atoms with Crippen LogP contribution in [0.5, 0.6) is 0 Å². The number of benzene rings is 1. The highest BCUT2D eigenvalue weighted by molar-refractivity contribution is 5.99. The lowest BCUT2D eigenvalue weighted by atomic mass is 10.3. The predicted molar refractivity (Wildman–Crippen MR) is 60.3 cm³/mol. The summed E-state index contributed by atoms with van der Waals surface area (Å²) in [4.78, 5) is 16.9. The number of nitrogens with zero attached hydrogens (tertiary/aromatic N) is 1. The monoisotopic (exact) mass is 205 g/mol. The van der Waals surface area contributed by atoms with Gasteiger partial charge in [-0.2, -0.15) is 5.06 Å². The van der Waals surface area contributed by atoms with Crippen molar-refractivity contribution in [3.8, 4) is 0 Å². The second-order valence-electron chi connectivity index (χ2n) is 3.33. The summed E-state index contributed by atoms with van der Waals surface area (Å²) in [6.45, 7) is 7.18. The van der Waals surface area contributed by atoms with E-state index in [0.717, 1.165) is 0 Å². The van der Waals surface area contributed by atoms with Gasteiger partial charge in [-0.3, -0.25) is 9.63 Å². The molecule has 0 N–H and O–H groups in total. The molecular weight excluding hydrogens is 190 g/mol. The van der Waals surface area contributed by atoms with Gasteiger partial charge in [0.15, 0.2) is 0 Å². The fourth-order valence-electron chi connectivity index (χ4n) is 1.10. The average molecular weight is 205 g/mol. The third kappa shape index (κ3) is 3.22. The van der Waals surface area contributed by atoms with Gasteiger partial charge in [0.05, 0.1) is 11.8 Å². The minimum atomic E-state index is -0.269. The molecule has 0 aliphatic carbocycles. The van der Waals surface area contributed by atoms with Crippen molar-refractivity contribution in [2.24, 2.45) is 0 Å². The van der Waals surface area contributed by atoms with E-state index < -0.39 is 0 Å². The zero-order valence-electron chi connectivity index (χ0n) is 9.01. The van der Waals surface area contributed by atoms with Gasteiger partial charge in [-0.15, -0.1) is 0 Å². The Morgan fingerprint density at radius 2 is 2.00 bits per heavy atom. The molecule has 0 unspecified atom stereocenters. The van der Waals surface area contributed by atoms with Crippen LogP contribution in [-0.2, 0) is 9.63 Å². The predicted octanol–water partition coefficient (Wildman–Crippen LogP) is 2.55. The molecule has 1 aromatic rings. The second-order valence-corrected chi connectivity index (χ2v) is 3.33. The lowest BCUT2D eigenvalue weighted by Crippen LogP contribution is -2.32. The Labute approximate surface area is 89.9 Å². The van der Waals surface area contributed by atoms with E-state index in [1.807, 2.05) is 44.2 Å². The van der Waals surface area contributed by atoms with Crippen LogP contribution < -0.4 is 5.06 Å². The smallest absolute Gasteiger partial charge is 0.267 e. The maximum absolute atomic E-state index is 11.5. The van der Waals surface area contributed by atoms with Crippen molar-refractivity contribution in [2.45, 2.75) is 20.0 Å². The molecule has 0 aromatic heterocycles. The van der Waals surface area contributed by atoms with Crippen LogP contribution in [0.4, 0.5) is 5.69 Å². The Bertz CT molecular complexity index is 333. The Hall–Kier alpha value is -1.61. The van der Waals surface area contributed by atoms with Crippen molar-refractivity contribution in [3.63, 3.8) is 0 Å². The van der Waals surface area contributed by atoms with Gasteiger partial charge in [0, 0.05) is 0 Å². The fraction of sp³-hybridized carbons (Fsp3) is 0.250. The van der Waals surface area contributed by atoms with Crippen LogP contribution in [-0.4, -0.2) is 12.0 Å². The molecule has 0 atom stereocenters. The zero-order chi connectivity index (χ0) is 11.3. The van der Waals surface area contributed by atoms with Crippen LogP contribution in [0.25, 0.3) is 0 Å². The van der Waals surface area contributed by atoms with E-state index in [9.17, 15) is 4.79 Å². The molecule has 80 valence electrons. The van der Waals surface area contributed by atoms with E-state index in [1.165, 1.54) is 11.1 Å². The topological polar surface area (TPSA) is 29.5 Å². The molecule has 0 saturated carbocycles. The lowest BCUT2D eigenvalue weighted by Gasteiger charge is -2.22. The first kappa shape index (κ1) is 11.5. The van der Waals surface area contributed by atoms with E-state index in [4.69, 9.17) is 4.84 Å². The van der Waals surface area contributed by atoms with Gasteiger partial charge in [-0.1, -0.05) is 24.8 Å². The van der Waals surface area contributed by atoms with Crippen molar-refractivity contribution < 1.29 is 9.63 Å². The summed E-state index contributed by atoms with van der Waals surface area (Å²) in [5, 5.41) is 1.25. The number of amides is 1. The Kier molecular flexibility index (Phi) is 4.06. The molecule has 1 amide bonds. The highest BCUT2D eigenvalue weighted by Crippen LogP contribution is 2.15. The second kappa shape index (κ2) is 5.32. The van der Waals surface area contributed by atoms with Crippen molar-refractivity contribution in [2.75, 3.05) is 5.06 Å². The number of carbonyl (C=O) groups is 1. The number of rotatable bonds is 4. The molecule has 1 rings (SSSR count). The summed E-state index contributed by atoms with van der Waals surface area (Å²) in [5.41, 5.74) is 0.705. The molecule has 0 aliphatic rings. The van der Waals surface area contributed by atoms with Crippen molar-refractivity contribution in [1.82, 2.24) is 0 Å². The van der Waals surface area contributed by atoms with Crippen molar-refractivity contribution in [1.29, 1.82) is 0 Å². The SMILES string of the molecule is C=CC(=O)N(OC(C)C)c1ccccc1. The summed E-state index contributed by atoms with van der Waals surface area (Å²) >= 11 is 0. The Morgan fingerprint density at radius 1 is 1.40 bits per heavy atom. The van der Waals surface area contributed by atoms with Gasteiger partial charge in [0.2, 0.25) is 0 Å². The molecule has 0 heterocycles. The fourth-order valence-corrected chi connectivity index (χ4v) is 1.10. The molecule has 0 bridgehead atoms. The summed E-state index contributed by atoms with van der Waals surface area (Å²) in [5.74, 6) is -0.269. The maximum Gasteiger partial charge on any atom is 0.274 e. The first-order valence-corrected chi connectivity index (χ1v) is 4.83. The normalized spacial score (nSPS) is 10.1. The molecule has 0 radical (unpaired) electrons. The third-order valence-corrected chi connectivity index (χ3v) is 1.68. The number of para-hydroxylation sites is 1. The summed E-state index contributed by atoms with van der Waals surface area (Å²) < 4.78 is 0. The highest BCUT2D eigenvalue weighted by atomic mass is 16.7. The minimum absolute atomic E-state index is 0.0610. The van der Waals surface area contributed by atoms with E-state index in [0.29, 0.717) is 5.69 Å². The van der Waals surface area contributed by atoms with Gasteiger partial charge in [0.1, 0.15) is 0 Å². The number of anilines is 1. The van der Waals surface area contributed by atoms with Gasteiger partial charge in [0.25, 0.3) is 5.91 Å². The average Bonchev–Trinajstić information content (AvgIpc) is 2.26. The molecular formula is C12H15NO2. The number of carbonyl (C=O) groups excluding carboxylic acids is 1. The molecule has 0 fully saturated rings. The quantitative estimate of drug-likeness (QED) is 0.558. The first-order valence-electron chi connectivity index (χ1n) is 4.83. The third-order valence-electron chi connectivity index (χ3n) is 1.68. The van der Waals surface area contributed by atoms with E-state index >= 15 is 0 Å². The molecule has 15 heavy (non-hydrogen) atoms. The molecule has 0 spiro atoms. The number of hydroxylamine groups is 1. The lowest BCUT2D eigenvalue weighted by molar-refractivity contribution is -0.123. The largest absolute Gasteiger partial charge is 0.274 e. The van der Waals surface area contributed by atoms with E-state index in [1.54, 1.807) is 0 Å².